The molecule has 0 amide bonds. The average molecular weight is 354 g/mol. The van der Waals surface area contributed by atoms with Gasteiger partial charge in [-0.1, -0.05) is 6.92 Å². The van der Waals surface area contributed by atoms with E-state index in [-0.39, 0.29) is 4.90 Å². The fourth-order valence-electron chi connectivity index (χ4n) is 1.68. The maximum Gasteiger partial charge on any atom is 0.261 e. The fourth-order valence-corrected chi connectivity index (χ4v) is 3.41. The van der Waals surface area contributed by atoms with Gasteiger partial charge in [0, 0.05) is 10.7 Å². The molecule has 1 N–H and O–H groups in total. The number of rotatable bonds is 4. The summed E-state index contributed by atoms with van der Waals surface area (Å²) in [6.07, 6.45) is 0.475. The van der Waals surface area contributed by atoms with Crippen molar-refractivity contribution in [2.45, 2.75) is 50.7 Å². The van der Waals surface area contributed by atoms with Crippen molar-refractivity contribution in [3.05, 3.63) is 23.3 Å². The quantitative estimate of drug-likeness (QED) is 0.843. The van der Waals surface area contributed by atoms with Crippen LogP contribution in [0.15, 0.2) is 17.0 Å². The van der Waals surface area contributed by atoms with E-state index in [0.717, 1.165) is 0 Å². The maximum atomic E-state index is 12.3. The minimum atomic E-state index is -3.85. The Hall–Kier alpha value is -0.790. The first-order valence-corrected chi connectivity index (χ1v) is 10.2. The van der Waals surface area contributed by atoms with Crippen LogP contribution in [0.25, 0.3) is 0 Å². The first-order valence-electron chi connectivity index (χ1n) is 6.40. The van der Waals surface area contributed by atoms with E-state index in [1.807, 2.05) is 6.92 Å². The van der Waals surface area contributed by atoms with E-state index < -0.39 is 23.8 Å². The Labute approximate surface area is 131 Å². The molecule has 5 nitrogen and oxygen atoms in total. The summed E-state index contributed by atoms with van der Waals surface area (Å²) in [6, 6.07) is 2.76. The van der Waals surface area contributed by atoms with Crippen molar-refractivity contribution in [3.8, 4) is 0 Å². The zero-order valence-corrected chi connectivity index (χ0v) is 15.1. The number of halogens is 1. The van der Waals surface area contributed by atoms with Crippen molar-refractivity contribution in [2.24, 2.45) is 0 Å². The lowest BCUT2D eigenvalue weighted by atomic mass is 10.1. The fraction of sp³-hybridized carbons (Fsp3) is 0.538. The number of anilines is 1. The van der Waals surface area contributed by atoms with Crippen molar-refractivity contribution < 1.29 is 16.8 Å². The van der Waals surface area contributed by atoms with Crippen LogP contribution < -0.4 is 4.72 Å². The number of aryl methyl sites for hydroxylation is 2. The second-order valence-corrected chi connectivity index (χ2v) is 10.8. The predicted molar refractivity (Wildman–Crippen MR) is 85.9 cm³/mol. The molecule has 0 heterocycles. The van der Waals surface area contributed by atoms with Crippen LogP contribution in [0.4, 0.5) is 5.69 Å². The first-order chi connectivity index (χ1) is 9.29. The van der Waals surface area contributed by atoms with Gasteiger partial charge >= 0.3 is 0 Å². The number of hydrogen-bond acceptors (Lipinski definition) is 4. The second-order valence-electron chi connectivity index (χ2n) is 5.78. The molecule has 1 aromatic rings. The lowest BCUT2D eigenvalue weighted by Crippen LogP contribution is -2.34. The van der Waals surface area contributed by atoms with Crippen LogP contribution in [-0.4, -0.2) is 21.6 Å². The Morgan fingerprint density at radius 1 is 1.14 bits per heavy atom. The molecule has 0 aliphatic carbocycles. The third kappa shape index (κ3) is 4.11. The number of nitrogens with one attached hydrogen (secondary N) is 1. The van der Waals surface area contributed by atoms with Crippen molar-refractivity contribution in [3.63, 3.8) is 0 Å². The molecule has 1 rings (SSSR count). The summed E-state index contributed by atoms with van der Waals surface area (Å²) in [7, 11) is -2.09. The summed E-state index contributed by atoms with van der Waals surface area (Å²) in [5.74, 6) is 0. The highest BCUT2D eigenvalue weighted by Gasteiger charge is 2.30. The Balaban J connectivity index is 3.47. The van der Waals surface area contributed by atoms with Gasteiger partial charge in [-0.25, -0.2) is 16.8 Å². The van der Waals surface area contributed by atoms with Gasteiger partial charge in [0.15, 0.2) is 0 Å². The number of sulfonamides is 1. The highest BCUT2D eigenvalue weighted by Crippen LogP contribution is 2.30. The molecule has 1 aromatic carbocycles. The lowest BCUT2D eigenvalue weighted by Gasteiger charge is -2.23. The molecule has 0 atom stereocenters. The second kappa shape index (κ2) is 5.78. The first kappa shape index (κ1) is 18.3. The van der Waals surface area contributed by atoms with Crippen LogP contribution in [0.1, 0.15) is 38.8 Å². The van der Waals surface area contributed by atoms with Gasteiger partial charge in [-0.05, 0) is 57.4 Å². The molecule has 120 valence electrons. The molecular weight excluding hydrogens is 334 g/mol. The molecule has 0 bridgehead atoms. The molecule has 0 aliphatic heterocycles. The van der Waals surface area contributed by atoms with Crippen molar-refractivity contribution in [2.75, 3.05) is 4.72 Å². The standard InChI is InChI=1S/C13H20ClNO4S2/c1-6-10-8-11(20(14,16)17)7-9(2)12(10)15-21(18,19)13(3,4)5/h7-8,15H,6H2,1-5H3. The Morgan fingerprint density at radius 3 is 2.05 bits per heavy atom. The molecule has 21 heavy (non-hydrogen) atoms. The average Bonchev–Trinajstić information content (AvgIpc) is 2.28. The van der Waals surface area contributed by atoms with Crippen LogP contribution >= 0.6 is 10.7 Å². The number of benzene rings is 1. The molecule has 8 heteroatoms. The smallest absolute Gasteiger partial charge is 0.261 e. The molecular formula is C13H20ClNO4S2. The van der Waals surface area contributed by atoms with Crippen LogP contribution in [0.5, 0.6) is 0 Å². The molecule has 0 unspecified atom stereocenters. The molecule has 0 radical (unpaired) electrons. The van der Waals surface area contributed by atoms with Gasteiger partial charge in [0.05, 0.1) is 15.3 Å². The molecule has 0 saturated heterocycles. The van der Waals surface area contributed by atoms with Gasteiger partial charge in [0.1, 0.15) is 0 Å². The van der Waals surface area contributed by atoms with E-state index in [1.54, 1.807) is 27.7 Å². The van der Waals surface area contributed by atoms with E-state index in [9.17, 15) is 16.8 Å². The van der Waals surface area contributed by atoms with E-state index >= 15 is 0 Å². The summed E-state index contributed by atoms with van der Waals surface area (Å²) < 4.78 is 49.0. The van der Waals surface area contributed by atoms with Crippen LogP contribution in [0.2, 0.25) is 0 Å². The van der Waals surface area contributed by atoms with E-state index in [2.05, 4.69) is 4.72 Å². The van der Waals surface area contributed by atoms with Crippen molar-refractivity contribution in [1.82, 2.24) is 0 Å². The summed E-state index contributed by atoms with van der Waals surface area (Å²) in [5.41, 5.74) is 1.51. The zero-order chi connectivity index (χ0) is 16.6. The monoisotopic (exact) mass is 353 g/mol. The maximum absolute atomic E-state index is 12.3. The minimum absolute atomic E-state index is 0.0303. The molecule has 0 fully saturated rings. The highest BCUT2D eigenvalue weighted by molar-refractivity contribution is 8.13. The Morgan fingerprint density at radius 2 is 1.67 bits per heavy atom. The van der Waals surface area contributed by atoms with Gasteiger partial charge in [-0.3, -0.25) is 4.72 Å². The summed E-state index contributed by atoms with van der Waals surface area (Å²) in [4.78, 5) is -0.0303. The molecule has 0 spiro atoms. The van der Waals surface area contributed by atoms with Crippen LogP contribution in [0, 0.1) is 6.92 Å². The molecule has 0 saturated carbocycles. The van der Waals surface area contributed by atoms with Crippen molar-refractivity contribution in [1.29, 1.82) is 0 Å². The van der Waals surface area contributed by atoms with Gasteiger partial charge in [-0.15, -0.1) is 0 Å². The molecule has 0 aromatic heterocycles. The number of hydrogen-bond donors (Lipinski definition) is 1. The van der Waals surface area contributed by atoms with Crippen molar-refractivity contribution >= 4 is 35.4 Å². The lowest BCUT2D eigenvalue weighted by molar-refractivity contribution is 0.566. The minimum Gasteiger partial charge on any atom is -0.283 e. The zero-order valence-electron chi connectivity index (χ0n) is 12.7. The van der Waals surface area contributed by atoms with Crippen LogP contribution in [0.3, 0.4) is 0 Å². The van der Waals surface area contributed by atoms with Gasteiger partial charge in [0.2, 0.25) is 10.0 Å². The normalized spacial score (nSPS) is 13.2. The van der Waals surface area contributed by atoms with E-state index in [1.165, 1.54) is 12.1 Å². The van der Waals surface area contributed by atoms with Gasteiger partial charge in [0.25, 0.3) is 9.05 Å². The Kier molecular flexibility index (Phi) is 5.02. The van der Waals surface area contributed by atoms with Gasteiger partial charge < -0.3 is 0 Å². The van der Waals surface area contributed by atoms with Gasteiger partial charge in [-0.2, -0.15) is 0 Å². The predicted octanol–water partition coefficient (Wildman–Crippen LogP) is 3.03. The Bertz CT molecular complexity index is 747. The topological polar surface area (TPSA) is 80.3 Å². The van der Waals surface area contributed by atoms with E-state index in [4.69, 9.17) is 10.7 Å². The molecule has 0 aliphatic rings. The third-order valence-corrected chi connectivity index (χ3v) is 6.51. The van der Waals surface area contributed by atoms with Crippen LogP contribution in [-0.2, 0) is 25.5 Å². The summed E-state index contributed by atoms with van der Waals surface area (Å²) in [6.45, 7) is 8.23. The highest BCUT2D eigenvalue weighted by atomic mass is 35.7. The largest absolute Gasteiger partial charge is 0.283 e. The third-order valence-electron chi connectivity index (χ3n) is 3.10. The summed E-state index contributed by atoms with van der Waals surface area (Å²) in [5, 5.41) is 0. The summed E-state index contributed by atoms with van der Waals surface area (Å²) >= 11 is 0. The SMILES string of the molecule is CCc1cc(S(=O)(=O)Cl)cc(C)c1NS(=O)(=O)C(C)(C)C. The van der Waals surface area contributed by atoms with E-state index in [0.29, 0.717) is 23.2 Å².